The van der Waals surface area contributed by atoms with Gasteiger partial charge in [-0.1, -0.05) is 42.6 Å². The van der Waals surface area contributed by atoms with Crippen molar-refractivity contribution in [1.29, 1.82) is 0 Å². The zero-order valence-electron chi connectivity index (χ0n) is 10.9. The number of halogens is 2. The highest BCUT2D eigenvalue weighted by molar-refractivity contribution is 6.42. The Labute approximate surface area is 123 Å². The summed E-state index contributed by atoms with van der Waals surface area (Å²) in [4.78, 5) is 11.4. The van der Waals surface area contributed by atoms with E-state index in [1.165, 1.54) is 0 Å². The van der Waals surface area contributed by atoms with Gasteiger partial charge in [0.05, 0.1) is 22.8 Å². The summed E-state index contributed by atoms with van der Waals surface area (Å²) in [5.74, 6) is -0.285. The van der Waals surface area contributed by atoms with Crippen LogP contribution in [0.5, 0.6) is 0 Å². The van der Waals surface area contributed by atoms with Crippen LogP contribution in [-0.2, 0) is 9.53 Å². The predicted molar refractivity (Wildman–Crippen MR) is 76.5 cm³/mol. The molecule has 106 valence electrons. The van der Waals surface area contributed by atoms with Gasteiger partial charge >= 0.3 is 5.97 Å². The van der Waals surface area contributed by atoms with E-state index in [2.05, 4.69) is 0 Å². The first-order valence-electron chi connectivity index (χ1n) is 6.33. The van der Waals surface area contributed by atoms with Crippen LogP contribution in [0.1, 0.15) is 44.3 Å². The summed E-state index contributed by atoms with van der Waals surface area (Å²) in [6.07, 6.45) is 1.60. The molecule has 0 aliphatic rings. The van der Waals surface area contributed by atoms with Crippen LogP contribution in [0.15, 0.2) is 18.2 Å². The number of carbonyl (C=O) groups excluding carboxylic acids is 1. The highest BCUT2D eigenvalue weighted by Crippen LogP contribution is 2.27. The molecule has 1 aromatic rings. The highest BCUT2D eigenvalue weighted by Gasteiger charge is 2.12. The van der Waals surface area contributed by atoms with Gasteiger partial charge in [0.2, 0.25) is 0 Å². The van der Waals surface area contributed by atoms with Crippen molar-refractivity contribution < 1.29 is 14.6 Å². The number of hydrogen-bond donors (Lipinski definition) is 1. The molecule has 1 atom stereocenters. The molecule has 0 saturated carbocycles. The van der Waals surface area contributed by atoms with Gasteiger partial charge in [0, 0.05) is 6.42 Å². The summed E-state index contributed by atoms with van der Waals surface area (Å²) in [6, 6.07) is 4.93. The van der Waals surface area contributed by atoms with Crippen LogP contribution in [0, 0.1) is 0 Å². The Morgan fingerprint density at radius 2 is 2.11 bits per heavy atom. The second-order valence-electron chi connectivity index (χ2n) is 4.30. The lowest BCUT2D eigenvalue weighted by atomic mass is 10.1. The van der Waals surface area contributed by atoms with Crippen LogP contribution in [0.3, 0.4) is 0 Å². The van der Waals surface area contributed by atoms with E-state index in [0.29, 0.717) is 28.6 Å². The Balaban J connectivity index is 2.40. The van der Waals surface area contributed by atoms with Crippen LogP contribution in [0.25, 0.3) is 0 Å². The summed E-state index contributed by atoms with van der Waals surface area (Å²) in [5, 5.41) is 10.8. The van der Waals surface area contributed by atoms with Crippen molar-refractivity contribution in [1.82, 2.24) is 0 Å². The SMILES string of the molecule is CCCCOC(=O)CC[C@@H](O)c1ccc(Cl)c(Cl)c1. The second-order valence-corrected chi connectivity index (χ2v) is 5.12. The van der Waals surface area contributed by atoms with E-state index in [-0.39, 0.29) is 12.4 Å². The topological polar surface area (TPSA) is 46.5 Å². The van der Waals surface area contributed by atoms with Crippen molar-refractivity contribution in [3.05, 3.63) is 33.8 Å². The molecule has 1 N–H and O–H groups in total. The fraction of sp³-hybridized carbons (Fsp3) is 0.500. The maximum atomic E-state index is 11.4. The van der Waals surface area contributed by atoms with Crippen molar-refractivity contribution in [2.75, 3.05) is 6.61 Å². The third-order valence-electron chi connectivity index (χ3n) is 2.71. The average Bonchev–Trinajstić information content (AvgIpc) is 2.39. The Hall–Kier alpha value is -0.770. The molecule has 3 nitrogen and oxygen atoms in total. The molecular formula is C14H18Cl2O3. The monoisotopic (exact) mass is 304 g/mol. The molecule has 0 aliphatic heterocycles. The zero-order valence-corrected chi connectivity index (χ0v) is 12.4. The van der Waals surface area contributed by atoms with E-state index in [9.17, 15) is 9.90 Å². The fourth-order valence-electron chi connectivity index (χ4n) is 1.54. The smallest absolute Gasteiger partial charge is 0.305 e. The minimum Gasteiger partial charge on any atom is -0.466 e. The molecule has 5 heteroatoms. The van der Waals surface area contributed by atoms with Gasteiger partial charge in [0.1, 0.15) is 0 Å². The van der Waals surface area contributed by atoms with Crippen molar-refractivity contribution in [2.45, 2.75) is 38.7 Å². The van der Waals surface area contributed by atoms with Crippen molar-refractivity contribution in [3.8, 4) is 0 Å². The average molecular weight is 305 g/mol. The molecule has 0 bridgehead atoms. The minimum atomic E-state index is -0.742. The standard InChI is InChI=1S/C14H18Cl2O3/c1-2-3-8-19-14(18)7-6-13(17)10-4-5-11(15)12(16)9-10/h4-5,9,13,17H,2-3,6-8H2,1H3/t13-/m1/s1. The van der Waals surface area contributed by atoms with Crippen LogP contribution in [0.2, 0.25) is 10.0 Å². The van der Waals surface area contributed by atoms with Crippen molar-refractivity contribution >= 4 is 29.2 Å². The van der Waals surface area contributed by atoms with Crippen LogP contribution < -0.4 is 0 Å². The normalized spacial score (nSPS) is 12.2. The summed E-state index contributed by atoms with van der Waals surface area (Å²) < 4.78 is 5.01. The summed E-state index contributed by atoms with van der Waals surface area (Å²) >= 11 is 11.7. The number of carbonyl (C=O) groups is 1. The van der Waals surface area contributed by atoms with E-state index in [1.54, 1.807) is 18.2 Å². The van der Waals surface area contributed by atoms with Crippen molar-refractivity contribution in [2.24, 2.45) is 0 Å². The van der Waals surface area contributed by atoms with Gasteiger partial charge in [0.25, 0.3) is 0 Å². The first kappa shape index (κ1) is 16.3. The summed E-state index contributed by atoms with van der Waals surface area (Å²) in [5.41, 5.74) is 0.649. The number of ether oxygens (including phenoxy) is 1. The van der Waals surface area contributed by atoms with Gasteiger partial charge < -0.3 is 9.84 Å². The van der Waals surface area contributed by atoms with E-state index < -0.39 is 6.10 Å². The molecule has 0 heterocycles. The van der Waals surface area contributed by atoms with Gasteiger partial charge in [-0.3, -0.25) is 4.79 Å². The van der Waals surface area contributed by atoms with Crippen LogP contribution >= 0.6 is 23.2 Å². The Kier molecular flexibility index (Phi) is 7.21. The number of aliphatic hydroxyl groups is 1. The van der Waals surface area contributed by atoms with E-state index in [1.807, 2.05) is 6.92 Å². The molecule has 19 heavy (non-hydrogen) atoms. The maximum Gasteiger partial charge on any atom is 0.305 e. The molecular weight excluding hydrogens is 287 g/mol. The van der Waals surface area contributed by atoms with Gasteiger partial charge in [-0.15, -0.1) is 0 Å². The van der Waals surface area contributed by atoms with Gasteiger partial charge in [-0.05, 0) is 30.5 Å². The number of benzene rings is 1. The lowest BCUT2D eigenvalue weighted by Crippen LogP contribution is -2.08. The molecule has 0 unspecified atom stereocenters. The van der Waals surface area contributed by atoms with Gasteiger partial charge in [-0.2, -0.15) is 0 Å². The number of hydrogen-bond acceptors (Lipinski definition) is 3. The van der Waals surface area contributed by atoms with Crippen molar-refractivity contribution in [3.63, 3.8) is 0 Å². The molecule has 0 radical (unpaired) electrons. The third kappa shape index (κ3) is 5.81. The molecule has 0 saturated heterocycles. The maximum absolute atomic E-state index is 11.4. The first-order valence-corrected chi connectivity index (χ1v) is 7.08. The third-order valence-corrected chi connectivity index (χ3v) is 3.45. The van der Waals surface area contributed by atoms with E-state index >= 15 is 0 Å². The van der Waals surface area contributed by atoms with E-state index in [4.69, 9.17) is 27.9 Å². The highest BCUT2D eigenvalue weighted by atomic mass is 35.5. The zero-order chi connectivity index (χ0) is 14.3. The summed E-state index contributed by atoms with van der Waals surface area (Å²) in [7, 11) is 0. The van der Waals surface area contributed by atoms with Gasteiger partial charge in [0.15, 0.2) is 0 Å². The van der Waals surface area contributed by atoms with Gasteiger partial charge in [-0.25, -0.2) is 0 Å². The second kappa shape index (κ2) is 8.41. The quantitative estimate of drug-likeness (QED) is 0.608. The molecule has 0 aliphatic carbocycles. The fourth-order valence-corrected chi connectivity index (χ4v) is 1.85. The predicted octanol–water partition coefficient (Wildman–Crippen LogP) is 4.15. The Morgan fingerprint density at radius 1 is 1.37 bits per heavy atom. The lowest BCUT2D eigenvalue weighted by molar-refractivity contribution is -0.144. The minimum absolute atomic E-state index is 0.186. The number of rotatable bonds is 7. The molecule has 1 aromatic carbocycles. The molecule has 0 aromatic heterocycles. The number of unbranched alkanes of at least 4 members (excludes halogenated alkanes) is 1. The molecule has 1 rings (SSSR count). The van der Waals surface area contributed by atoms with Crippen LogP contribution in [0.4, 0.5) is 0 Å². The van der Waals surface area contributed by atoms with E-state index in [0.717, 1.165) is 12.8 Å². The Morgan fingerprint density at radius 3 is 2.74 bits per heavy atom. The largest absolute Gasteiger partial charge is 0.466 e. The Bertz CT molecular complexity index is 421. The molecule has 0 fully saturated rings. The first-order chi connectivity index (χ1) is 9.04. The van der Waals surface area contributed by atoms with Crippen LogP contribution in [-0.4, -0.2) is 17.7 Å². The lowest BCUT2D eigenvalue weighted by Gasteiger charge is -2.11. The molecule has 0 spiro atoms. The number of aliphatic hydroxyl groups excluding tert-OH is 1. The summed E-state index contributed by atoms with van der Waals surface area (Å²) in [6.45, 7) is 2.47. The molecule has 0 amide bonds. The number of esters is 1.